The molecule has 9 heteroatoms. The van der Waals surface area contributed by atoms with Gasteiger partial charge in [0.15, 0.2) is 0 Å². The van der Waals surface area contributed by atoms with Gasteiger partial charge in [-0.15, -0.1) is 0 Å². The number of hydrogen-bond donors (Lipinski definition) is 0. The topological polar surface area (TPSA) is 78.6 Å². The maximum atomic E-state index is 13.3. The molecular formula is C22H25ClN6O2. The van der Waals surface area contributed by atoms with E-state index in [-0.39, 0.29) is 11.8 Å². The predicted molar refractivity (Wildman–Crippen MR) is 120 cm³/mol. The molecule has 31 heavy (non-hydrogen) atoms. The van der Waals surface area contributed by atoms with Crippen molar-refractivity contribution in [3.05, 3.63) is 41.3 Å². The summed E-state index contributed by atoms with van der Waals surface area (Å²) in [4.78, 5) is 28.5. The van der Waals surface area contributed by atoms with Crippen molar-refractivity contribution in [2.75, 3.05) is 49.1 Å². The summed E-state index contributed by atoms with van der Waals surface area (Å²) in [6, 6.07) is 7.89. The number of piperazine rings is 1. The van der Waals surface area contributed by atoms with Crippen molar-refractivity contribution in [3.8, 4) is 0 Å². The number of fused-ring (bicyclic) bond motifs is 1. The van der Waals surface area contributed by atoms with Crippen LogP contribution in [0.15, 0.2) is 35.1 Å². The number of piperidine rings is 1. The van der Waals surface area contributed by atoms with Gasteiger partial charge in [-0.2, -0.15) is 4.98 Å². The lowest BCUT2D eigenvalue weighted by molar-refractivity contribution is -0.136. The van der Waals surface area contributed by atoms with Gasteiger partial charge in [0.05, 0.1) is 11.6 Å². The van der Waals surface area contributed by atoms with E-state index in [1.807, 2.05) is 36.1 Å². The molecule has 2 fully saturated rings. The van der Waals surface area contributed by atoms with Crippen LogP contribution in [0.5, 0.6) is 0 Å². The van der Waals surface area contributed by atoms with Crippen LogP contribution in [0.4, 0.5) is 11.5 Å². The molecule has 162 valence electrons. The van der Waals surface area contributed by atoms with Crippen molar-refractivity contribution in [2.24, 2.45) is 5.92 Å². The van der Waals surface area contributed by atoms with E-state index in [4.69, 9.17) is 16.1 Å². The third kappa shape index (κ3) is 3.92. The molecule has 0 spiro atoms. The van der Waals surface area contributed by atoms with Crippen LogP contribution in [0.2, 0.25) is 5.02 Å². The highest BCUT2D eigenvalue weighted by atomic mass is 35.5. The second-order valence-corrected chi connectivity index (χ2v) is 8.66. The molecule has 5 rings (SSSR count). The van der Waals surface area contributed by atoms with E-state index in [9.17, 15) is 4.79 Å². The van der Waals surface area contributed by atoms with Gasteiger partial charge in [-0.05, 0) is 44.0 Å². The van der Waals surface area contributed by atoms with Gasteiger partial charge in [-0.3, -0.25) is 4.79 Å². The van der Waals surface area contributed by atoms with Crippen molar-refractivity contribution in [1.29, 1.82) is 0 Å². The Labute approximate surface area is 185 Å². The molecule has 0 radical (unpaired) electrons. The fourth-order valence-corrected chi connectivity index (χ4v) is 4.74. The largest absolute Gasteiger partial charge is 0.368 e. The van der Waals surface area contributed by atoms with Crippen LogP contribution in [0.25, 0.3) is 11.1 Å². The molecule has 4 heterocycles. The minimum absolute atomic E-state index is 0.0268. The highest BCUT2D eigenvalue weighted by Gasteiger charge is 2.32. The van der Waals surface area contributed by atoms with E-state index in [1.165, 1.54) is 6.33 Å². The molecule has 1 atom stereocenters. The van der Waals surface area contributed by atoms with E-state index in [1.54, 1.807) is 0 Å². The van der Waals surface area contributed by atoms with E-state index >= 15 is 0 Å². The highest BCUT2D eigenvalue weighted by Crippen LogP contribution is 2.30. The predicted octanol–water partition coefficient (Wildman–Crippen LogP) is 3.14. The van der Waals surface area contributed by atoms with Crippen LogP contribution < -0.4 is 9.80 Å². The summed E-state index contributed by atoms with van der Waals surface area (Å²) < 4.78 is 5.29. The van der Waals surface area contributed by atoms with E-state index in [0.29, 0.717) is 12.3 Å². The third-order valence-corrected chi connectivity index (χ3v) is 6.53. The smallest absolute Gasteiger partial charge is 0.263 e. The first-order valence-electron chi connectivity index (χ1n) is 10.7. The summed E-state index contributed by atoms with van der Waals surface area (Å²) in [5.41, 5.74) is 2.42. The third-order valence-electron chi connectivity index (χ3n) is 6.28. The molecule has 0 saturated carbocycles. The standard InChI is InChI=1S/C22H25ClN6O2/c1-15-19-20(24-14-25-21(19)31-26-15)29-8-2-3-16(13-29)22(30)28-11-9-27(10-12-28)18-6-4-17(23)5-7-18/h4-7,14,16H,2-3,8-13H2,1H3/t16-/m0/s1. The van der Waals surface area contributed by atoms with Crippen molar-refractivity contribution >= 4 is 40.1 Å². The molecular weight excluding hydrogens is 416 g/mol. The average Bonchev–Trinajstić information content (AvgIpc) is 3.20. The molecule has 0 unspecified atom stereocenters. The maximum Gasteiger partial charge on any atom is 0.263 e. The average molecular weight is 441 g/mol. The molecule has 1 amide bonds. The molecule has 0 bridgehead atoms. The number of anilines is 2. The Balaban J connectivity index is 1.25. The van der Waals surface area contributed by atoms with Crippen molar-refractivity contribution in [2.45, 2.75) is 19.8 Å². The number of hydrogen-bond acceptors (Lipinski definition) is 7. The number of rotatable bonds is 3. The second kappa shape index (κ2) is 8.34. The maximum absolute atomic E-state index is 13.3. The molecule has 2 aliphatic heterocycles. The van der Waals surface area contributed by atoms with Crippen molar-refractivity contribution in [1.82, 2.24) is 20.0 Å². The van der Waals surface area contributed by atoms with Crippen molar-refractivity contribution < 1.29 is 9.32 Å². The number of aromatic nitrogens is 3. The molecule has 2 aromatic heterocycles. The number of carbonyl (C=O) groups excluding carboxylic acids is 1. The molecule has 2 aliphatic rings. The Kier molecular flexibility index (Phi) is 5.40. The molecule has 2 saturated heterocycles. The zero-order chi connectivity index (χ0) is 21.4. The van der Waals surface area contributed by atoms with Gasteiger partial charge in [0.1, 0.15) is 17.5 Å². The SMILES string of the molecule is Cc1noc2ncnc(N3CCC[C@H](C(=O)N4CCN(c5ccc(Cl)cc5)CC4)C3)c12. The first kappa shape index (κ1) is 20.1. The molecule has 1 aromatic carbocycles. The summed E-state index contributed by atoms with van der Waals surface area (Å²) in [6.45, 7) is 6.55. The zero-order valence-corrected chi connectivity index (χ0v) is 18.3. The number of benzene rings is 1. The van der Waals surface area contributed by atoms with Gasteiger partial charge < -0.3 is 19.2 Å². The van der Waals surface area contributed by atoms with Crippen LogP contribution >= 0.6 is 11.6 Å². The van der Waals surface area contributed by atoms with Gasteiger partial charge in [-0.1, -0.05) is 16.8 Å². The summed E-state index contributed by atoms with van der Waals surface area (Å²) in [7, 11) is 0. The first-order chi connectivity index (χ1) is 15.1. The van der Waals surface area contributed by atoms with Crippen LogP contribution in [0.3, 0.4) is 0 Å². The normalized spacial score (nSPS) is 19.8. The van der Waals surface area contributed by atoms with Gasteiger partial charge in [0, 0.05) is 50.0 Å². The summed E-state index contributed by atoms with van der Waals surface area (Å²) in [5, 5.41) is 5.60. The van der Waals surface area contributed by atoms with Crippen LogP contribution in [0.1, 0.15) is 18.5 Å². The van der Waals surface area contributed by atoms with Gasteiger partial charge in [-0.25, -0.2) is 4.98 Å². The molecule has 0 N–H and O–H groups in total. The van der Waals surface area contributed by atoms with Gasteiger partial charge in [0.2, 0.25) is 5.91 Å². The number of aryl methyl sites for hydroxylation is 1. The molecule has 8 nitrogen and oxygen atoms in total. The second-order valence-electron chi connectivity index (χ2n) is 8.22. The summed E-state index contributed by atoms with van der Waals surface area (Å²) in [6.07, 6.45) is 3.37. The van der Waals surface area contributed by atoms with E-state index in [0.717, 1.165) is 73.2 Å². The fourth-order valence-electron chi connectivity index (χ4n) is 4.61. The number of amides is 1. The van der Waals surface area contributed by atoms with Gasteiger partial charge >= 0.3 is 0 Å². The van der Waals surface area contributed by atoms with E-state index in [2.05, 4.69) is 24.9 Å². The lowest BCUT2D eigenvalue weighted by atomic mass is 9.96. The Morgan fingerprint density at radius 2 is 1.84 bits per heavy atom. The number of carbonyl (C=O) groups is 1. The Morgan fingerprint density at radius 3 is 2.61 bits per heavy atom. The quantitative estimate of drug-likeness (QED) is 0.619. The summed E-state index contributed by atoms with van der Waals surface area (Å²) in [5.74, 6) is 1.03. The minimum Gasteiger partial charge on any atom is -0.368 e. The molecule has 0 aliphatic carbocycles. The van der Waals surface area contributed by atoms with Crippen molar-refractivity contribution in [3.63, 3.8) is 0 Å². The Bertz CT molecular complexity index is 1080. The van der Waals surface area contributed by atoms with Gasteiger partial charge in [0.25, 0.3) is 5.71 Å². The zero-order valence-electron chi connectivity index (χ0n) is 17.5. The highest BCUT2D eigenvalue weighted by molar-refractivity contribution is 6.30. The Hall–Kier alpha value is -2.87. The lowest BCUT2D eigenvalue weighted by Crippen LogP contribution is -2.52. The lowest BCUT2D eigenvalue weighted by Gasteiger charge is -2.40. The monoisotopic (exact) mass is 440 g/mol. The fraction of sp³-hybridized carbons (Fsp3) is 0.455. The minimum atomic E-state index is -0.0268. The summed E-state index contributed by atoms with van der Waals surface area (Å²) >= 11 is 6.00. The van der Waals surface area contributed by atoms with Crippen LogP contribution in [0, 0.1) is 12.8 Å². The van der Waals surface area contributed by atoms with Crippen LogP contribution in [-0.2, 0) is 4.79 Å². The molecule has 3 aromatic rings. The number of halogens is 1. The number of nitrogens with zero attached hydrogens (tertiary/aromatic N) is 6. The van der Waals surface area contributed by atoms with Crippen LogP contribution in [-0.4, -0.2) is 65.2 Å². The first-order valence-corrected chi connectivity index (χ1v) is 11.1. The Morgan fingerprint density at radius 1 is 1.06 bits per heavy atom. The van der Waals surface area contributed by atoms with E-state index < -0.39 is 0 Å².